The number of aromatic nitrogens is 4. The van der Waals surface area contributed by atoms with E-state index in [9.17, 15) is 9.18 Å². The molecule has 5 aromatic rings. The average molecular weight is 563 g/mol. The number of carbonyl (C=O) groups is 1. The maximum Gasteiger partial charge on any atom is 0.253 e. The third-order valence-corrected chi connectivity index (χ3v) is 8.86. The van der Waals surface area contributed by atoms with E-state index in [-0.39, 0.29) is 11.7 Å². The van der Waals surface area contributed by atoms with Gasteiger partial charge in [-0.15, -0.1) is 0 Å². The summed E-state index contributed by atoms with van der Waals surface area (Å²) >= 11 is 0. The minimum atomic E-state index is -0.281. The van der Waals surface area contributed by atoms with E-state index in [0.717, 1.165) is 56.8 Å². The van der Waals surface area contributed by atoms with Gasteiger partial charge in [-0.1, -0.05) is 62.4 Å². The first-order valence-corrected chi connectivity index (χ1v) is 15.1. The summed E-state index contributed by atoms with van der Waals surface area (Å²) in [5.74, 6) is 2.09. The van der Waals surface area contributed by atoms with Crippen molar-refractivity contribution >= 4 is 33.5 Å². The van der Waals surface area contributed by atoms with Crippen molar-refractivity contribution in [1.82, 2.24) is 24.6 Å². The Balaban J connectivity index is 1.19. The Morgan fingerprint density at radius 1 is 0.881 bits per heavy atom. The molecule has 0 unspecified atom stereocenters. The number of hydrogen-bond acceptors (Lipinski definition) is 5. The Kier molecular flexibility index (Phi) is 7.06. The molecule has 0 N–H and O–H groups in total. The van der Waals surface area contributed by atoms with Crippen LogP contribution in [0.1, 0.15) is 54.0 Å². The van der Waals surface area contributed by atoms with Gasteiger partial charge in [0.25, 0.3) is 5.91 Å². The van der Waals surface area contributed by atoms with Crippen LogP contribution in [0.3, 0.4) is 0 Å². The summed E-state index contributed by atoms with van der Waals surface area (Å²) in [6, 6.07) is 20.4. The lowest BCUT2D eigenvalue weighted by Crippen LogP contribution is -2.49. The molecule has 214 valence electrons. The monoisotopic (exact) mass is 562 g/mol. The van der Waals surface area contributed by atoms with E-state index in [1.807, 2.05) is 52.9 Å². The maximum atomic E-state index is 13.7. The molecule has 1 aliphatic carbocycles. The van der Waals surface area contributed by atoms with Crippen LogP contribution in [-0.4, -0.2) is 56.7 Å². The fourth-order valence-corrected chi connectivity index (χ4v) is 6.56. The van der Waals surface area contributed by atoms with Gasteiger partial charge >= 0.3 is 0 Å². The number of nitrogens with zero attached hydrogens (tertiary/aromatic N) is 6. The molecular formula is C34H35FN6O. The molecule has 3 aromatic carbocycles. The maximum absolute atomic E-state index is 13.7. The average Bonchev–Trinajstić information content (AvgIpc) is 3.37. The number of anilines is 1. The molecule has 8 heteroatoms. The van der Waals surface area contributed by atoms with Gasteiger partial charge in [0.1, 0.15) is 17.5 Å². The van der Waals surface area contributed by atoms with Gasteiger partial charge in [0, 0.05) is 38.2 Å². The summed E-state index contributed by atoms with van der Waals surface area (Å²) in [5.41, 5.74) is 3.08. The van der Waals surface area contributed by atoms with Gasteiger partial charge in [0.05, 0.1) is 16.8 Å². The van der Waals surface area contributed by atoms with E-state index in [2.05, 4.69) is 11.0 Å². The SMILES string of the molecule is Cc1nn(-c2ccc(F)cc2)c2nc(CC3CCCCC3)nc(N3CCN(C(=O)c4ccc5ccccc5c4)CC3)c12. The van der Waals surface area contributed by atoms with E-state index in [1.165, 1.54) is 44.2 Å². The third kappa shape index (κ3) is 5.10. The standard InChI is InChI=1S/C34H35FN6O/c1-23-31-32(39-17-19-40(20-18-39)34(42)27-12-11-25-9-5-6-10-26(25)22-27)36-30(21-24-7-3-2-4-8-24)37-33(31)41(38-23)29-15-13-28(35)14-16-29/h5-6,9-16,22,24H,2-4,7-8,17-21H2,1H3. The molecule has 7 nitrogen and oxygen atoms in total. The zero-order valence-electron chi connectivity index (χ0n) is 24.0. The van der Waals surface area contributed by atoms with Crippen LogP contribution >= 0.6 is 0 Å². The largest absolute Gasteiger partial charge is 0.352 e. The van der Waals surface area contributed by atoms with Crippen LogP contribution in [-0.2, 0) is 6.42 Å². The van der Waals surface area contributed by atoms with Crippen LogP contribution in [0.4, 0.5) is 10.2 Å². The Labute approximate surface area is 245 Å². The van der Waals surface area contributed by atoms with Gasteiger partial charge in [-0.2, -0.15) is 5.10 Å². The molecular weight excluding hydrogens is 527 g/mol. The van der Waals surface area contributed by atoms with Crippen molar-refractivity contribution in [3.05, 3.63) is 89.6 Å². The summed E-state index contributed by atoms with van der Waals surface area (Å²) in [5, 5.41) is 7.96. The first-order valence-electron chi connectivity index (χ1n) is 15.1. The molecule has 0 spiro atoms. The lowest BCUT2D eigenvalue weighted by atomic mass is 9.87. The minimum absolute atomic E-state index is 0.0616. The Hall–Kier alpha value is -4.33. The van der Waals surface area contributed by atoms with Crippen molar-refractivity contribution in [1.29, 1.82) is 0 Å². The van der Waals surface area contributed by atoms with Crippen molar-refractivity contribution in [3.8, 4) is 5.69 Å². The molecule has 2 fully saturated rings. The van der Waals surface area contributed by atoms with Gasteiger partial charge in [-0.25, -0.2) is 19.0 Å². The van der Waals surface area contributed by atoms with Crippen LogP contribution in [0.5, 0.6) is 0 Å². The Bertz CT molecular complexity index is 1750. The number of benzene rings is 3. The van der Waals surface area contributed by atoms with Crippen molar-refractivity contribution in [2.75, 3.05) is 31.1 Å². The molecule has 0 radical (unpaired) electrons. The minimum Gasteiger partial charge on any atom is -0.352 e. The van der Waals surface area contributed by atoms with Crippen LogP contribution in [0.25, 0.3) is 27.5 Å². The second-order valence-corrected chi connectivity index (χ2v) is 11.7. The van der Waals surface area contributed by atoms with E-state index >= 15 is 0 Å². The van der Waals surface area contributed by atoms with Gasteiger partial charge < -0.3 is 9.80 Å². The molecule has 7 rings (SSSR count). The smallest absolute Gasteiger partial charge is 0.253 e. The molecule has 1 saturated heterocycles. The van der Waals surface area contributed by atoms with Crippen LogP contribution in [0, 0.1) is 18.7 Å². The molecule has 1 saturated carbocycles. The molecule has 2 aromatic heterocycles. The number of halogens is 1. The Morgan fingerprint density at radius 3 is 2.38 bits per heavy atom. The van der Waals surface area contributed by atoms with E-state index in [4.69, 9.17) is 15.1 Å². The summed E-state index contributed by atoms with van der Waals surface area (Å²) in [7, 11) is 0. The van der Waals surface area contributed by atoms with Gasteiger partial charge in [0.15, 0.2) is 5.65 Å². The van der Waals surface area contributed by atoms with Crippen LogP contribution in [0.15, 0.2) is 66.7 Å². The van der Waals surface area contributed by atoms with Crippen molar-refractivity contribution in [3.63, 3.8) is 0 Å². The van der Waals surface area contributed by atoms with Gasteiger partial charge in [0.2, 0.25) is 0 Å². The summed E-state index contributed by atoms with van der Waals surface area (Å²) < 4.78 is 15.5. The summed E-state index contributed by atoms with van der Waals surface area (Å²) in [6.07, 6.45) is 7.10. The number of carbonyl (C=O) groups excluding carboxylic acids is 1. The fraction of sp³-hybridized carbons (Fsp3) is 0.353. The first-order chi connectivity index (χ1) is 20.5. The second kappa shape index (κ2) is 11.2. The fourth-order valence-electron chi connectivity index (χ4n) is 6.56. The second-order valence-electron chi connectivity index (χ2n) is 11.7. The highest BCUT2D eigenvalue weighted by Crippen LogP contribution is 2.32. The lowest BCUT2D eigenvalue weighted by Gasteiger charge is -2.36. The predicted molar refractivity (Wildman–Crippen MR) is 164 cm³/mol. The molecule has 3 heterocycles. The van der Waals surface area contributed by atoms with Crippen molar-refractivity contribution in [2.24, 2.45) is 5.92 Å². The molecule has 0 bridgehead atoms. The summed E-state index contributed by atoms with van der Waals surface area (Å²) in [4.78, 5) is 27.9. The molecule has 0 atom stereocenters. The van der Waals surface area contributed by atoms with Crippen molar-refractivity contribution < 1.29 is 9.18 Å². The molecule has 1 amide bonds. The molecule has 42 heavy (non-hydrogen) atoms. The van der Waals surface area contributed by atoms with E-state index in [0.29, 0.717) is 32.1 Å². The number of hydrogen-bond donors (Lipinski definition) is 0. The number of rotatable bonds is 5. The topological polar surface area (TPSA) is 67.2 Å². The highest BCUT2D eigenvalue weighted by Gasteiger charge is 2.28. The highest BCUT2D eigenvalue weighted by atomic mass is 19.1. The zero-order valence-corrected chi connectivity index (χ0v) is 24.0. The number of aryl methyl sites for hydroxylation is 1. The van der Waals surface area contributed by atoms with Crippen LogP contribution < -0.4 is 4.90 Å². The number of piperazine rings is 1. The van der Waals surface area contributed by atoms with Crippen molar-refractivity contribution in [2.45, 2.75) is 45.4 Å². The first kappa shape index (κ1) is 26.6. The molecule has 2 aliphatic rings. The number of amides is 1. The summed E-state index contributed by atoms with van der Waals surface area (Å²) in [6.45, 7) is 4.56. The quantitative estimate of drug-likeness (QED) is 0.245. The lowest BCUT2D eigenvalue weighted by molar-refractivity contribution is 0.0746. The molecule has 1 aliphatic heterocycles. The van der Waals surface area contributed by atoms with E-state index < -0.39 is 0 Å². The number of fused-ring (bicyclic) bond motifs is 2. The normalized spacial score (nSPS) is 16.4. The predicted octanol–water partition coefficient (Wildman–Crippen LogP) is 6.50. The van der Waals surface area contributed by atoms with Crippen LogP contribution in [0.2, 0.25) is 0 Å². The van der Waals surface area contributed by atoms with Gasteiger partial charge in [-0.3, -0.25) is 4.79 Å². The zero-order chi connectivity index (χ0) is 28.6. The Morgan fingerprint density at radius 2 is 1.62 bits per heavy atom. The van der Waals surface area contributed by atoms with Gasteiger partial charge in [-0.05, 0) is 60.0 Å². The third-order valence-electron chi connectivity index (χ3n) is 8.86. The highest BCUT2D eigenvalue weighted by molar-refractivity contribution is 5.99. The van der Waals surface area contributed by atoms with E-state index in [1.54, 1.807) is 12.1 Å².